The number of benzene rings is 3. The van der Waals surface area contributed by atoms with E-state index in [4.69, 9.17) is 4.98 Å². The van der Waals surface area contributed by atoms with Gasteiger partial charge in [-0.3, -0.25) is 9.52 Å². The Kier molecular flexibility index (Phi) is 9.97. The molecule has 1 saturated carbocycles. The Morgan fingerprint density at radius 3 is 2.45 bits per heavy atom. The number of halogens is 3. The van der Waals surface area contributed by atoms with E-state index in [1.54, 1.807) is 29.3 Å². The fourth-order valence-electron chi connectivity index (χ4n) is 5.68. The quantitative estimate of drug-likeness (QED) is 0.124. The molecule has 2 heterocycles. The van der Waals surface area contributed by atoms with Gasteiger partial charge in [-0.25, -0.2) is 9.78 Å². The van der Waals surface area contributed by atoms with Crippen molar-refractivity contribution in [3.8, 4) is 11.1 Å². The van der Waals surface area contributed by atoms with E-state index in [0.29, 0.717) is 66.9 Å². The summed E-state index contributed by atoms with van der Waals surface area (Å²) in [6.07, 6.45) is -0.986. The predicted molar refractivity (Wildman–Crippen MR) is 187 cm³/mol. The highest BCUT2D eigenvalue weighted by molar-refractivity contribution is 7.97. The van der Waals surface area contributed by atoms with Gasteiger partial charge < -0.3 is 26.2 Å². The van der Waals surface area contributed by atoms with Crippen LogP contribution in [0, 0.1) is 0 Å². The number of anilines is 5. The van der Waals surface area contributed by atoms with E-state index in [0.717, 1.165) is 41.1 Å². The molecule has 6 rings (SSSR count). The first-order chi connectivity index (χ1) is 23.6. The molecule has 1 fully saturated rings. The Morgan fingerprint density at radius 2 is 1.73 bits per heavy atom. The average molecular weight is 691 g/mol. The largest absolute Gasteiger partial charge is 0.416 e. The highest BCUT2D eigenvalue weighted by atomic mass is 32.2. The molecule has 3 aromatic carbocycles. The maximum Gasteiger partial charge on any atom is 0.416 e. The summed E-state index contributed by atoms with van der Waals surface area (Å²) < 4.78 is 43.3. The van der Waals surface area contributed by atoms with Crippen LogP contribution in [0.15, 0.2) is 77.8 Å². The van der Waals surface area contributed by atoms with Crippen LogP contribution in [0.3, 0.4) is 0 Å². The maximum atomic E-state index is 13.3. The number of fused-ring (bicyclic) bond motifs is 4. The Balaban J connectivity index is 1.20. The van der Waals surface area contributed by atoms with Crippen LogP contribution in [0.4, 0.5) is 46.8 Å². The molecule has 49 heavy (non-hydrogen) atoms. The molecular weight excluding hydrogens is 654 g/mol. The monoisotopic (exact) mass is 690 g/mol. The first-order valence-corrected chi connectivity index (χ1v) is 17.0. The number of alkyl halides is 3. The van der Waals surface area contributed by atoms with Gasteiger partial charge >= 0.3 is 12.2 Å². The number of carbonyl (C=O) groups excluding carboxylic acids is 2. The smallest absolute Gasteiger partial charge is 0.369 e. The van der Waals surface area contributed by atoms with Gasteiger partial charge in [-0.05, 0) is 92.6 Å². The van der Waals surface area contributed by atoms with Crippen molar-refractivity contribution >= 4 is 52.7 Å². The molecule has 0 atom stereocenters. The number of amides is 3. The summed E-state index contributed by atoms with van der Waals surface area (Å²) in [7, 11) is 0. The van der Waals surface area contributed by atoms with Crippen LogP contribution in [0.5, 0.6) is 0 Å². The Bertz CT molecular complexity index is 1830. The van der Waals surface area contributed by atoms with E-state index >= 15 is 0 Å². The summed E-state index contributed by atoms with van der Waals surface area (Å²) in [6.45, 7) is 6.43. The Labute approximate surface area is 286 Å². The number of nitrogens with one attached hydrogen (secondary N) is 5. The standard InChI is InChI=1S/C35H37F3N8O2S/c1-3-46(4-2)33(48)44-27-18-26-19-28(20-27)49-41-16-6-15-39-30-29(21-40-32(43-26)45-30)22-9-11-25(12-10-22)42-31(47)34(13-14-34)23-7-5-8-24(17-23)35(36,37)38/h5,7-12,17-21,41H,3-4,6,13-16H2,1-2H3,(H,42,47)(H,44,48)(H2,39,40,43,45). The van der Waals surface area contributed by atoms with Crippen LogP contribution in [0.2, 0.25) is 0 Å². The molecule has 4 bridgehead atoms. The number of carbonyl (C=O) groups is 2. The lowest BCUT2D eigenvalue weighted by Crippen LogP contribution is -2.34. The van der Waals surface area contributed by atoms with Gasteiger partial charge in [0.25, 0.3) is 0 Å². The lowest BCUT2D eigenvalue weighted by Gasteiger charge is -2.20. The predicted octanol–water partition coefficient (Wildman–Crippen LogP) is 7.86. The van der Waals surface area contributed by atoms with Crippen LogP contribution >= 0.6 is 11.9 Å². The van der Waals surface area contributed by atoms with Crippen LogP contribution in [0.25, 0.3) is 11.1 Å². The van der Waals surface area contributed by atoms with Gasteiger partial charge in [0.05, 0.1) is 11.0 Å². The topological polar surface area (TPSA) is 123 Å². The molecule has 256 valence electrons. The Morgan fingerprint density at radius 1 is 0.959 bits per heavy atom. The molecule has 1 aromatic heterocycles. The third-order valence-electron chi connectivity index (χ3n) is 8.57. The van der Waals surface area contributed by atoms with Gasteiger partial charge in [0, 0.05) is 59.9 Å². The van der Waals surface area contributed by atoms with E-state index in [-0.39, 0.29) is 11.9 Å². The fourth-order valence-corrected chi connectivity index (χ4v) is 6.47. The van der Waals surface area contributed by atoms with E-state index in [9.17, 15) is 22.8 Å². The first kappa shape index (κ1) is 34.1. The molecule has 3 amide bonds. The lowest BCUT2D eigenvalue weighted by atomic mass is 9.93. The summed E-state index contributed by atoms with van der Waals surface area (Å²) in [6, 6.07) is 17.8. The highest BCUT2D eigenvalue weighted by Crippen LogP contribution is 2.50. The van der Waals surface area contributed by atoms with Crippen molar-refractivity contribution in [2.45, 2.75) is 49.6 Å². The van der Waals surface area contributed by atoms with Crippen molar-refractivity contribution in [1.29, 1.82) is 0 Å². The van der Waals surface area contributed by atoms with Crippen LogP contribution in [-0.2, 0) is 16.4 Å². The molecule has 1 aliphatic heterocycles. The second-order valence-electron chi connectivity index (χ2n) is 11.9. The molecule has 4 aromatic rings. The number of nitrogens with zero attached hydrogens (tertiary/aromatic N) is 3. The first-order valence-electron chi connectivity index (χ1n) is 16.2. The molecule has 1 aliphatic carbocycles. The zero-order valence-corrected chi connectivity index (χ0v) is 27.9. The summed E-state index contributed by atoms with van der Waals surface area (Å²) in [4.78, 5) is 38.0. The maximum absolute atomic E-state index is 13.3. The molecular formula is C35H37F3N8O2S. The van der Waals surface area contributed by atoms with E-state index in [1.165, 1.54) is 18.0 Å². The van der Waals surface area contributed by atoms with Gasteiger partial charge in [0.1, 0.15) is 5.82 Å². The zero-order chi connectivity index (χ0) is 34.6. The average Bonchev–Trinajstić information content (AvgIpc) is 3.89. The minimum absolute atomic E-state index is 0.176. The van der Waals surface area contributed by atoms with E-state index < -0.39 is 17.2 Å². The zero-order valence-electron chi connectivity index (χ0n) is 27.1. The molecule has 5 N–H and O–H groups in total. The summed E-state index contributed by atoms with van der Waals surface area (Å²) >= 11 is 1.48. The fraction of sp³-hybridized carbons (Fsp3) is 0.314. The molecule has 0 radical (unpaired) electrons. The summed E-state index contributed by atoms with van der Waals surface area (Å²) in [5, 5.41) is 12.6. The number of hydrogen-bond donors (Lipinski definition) is 5. The van der Waals surface area contributed by atoms with Crippen molar-refractivity contribution in [2.75, 3.05) is 47.4 Å². The van der Waals surface area contributed by atoms with Crippen molar-refractivity contribution in [3.63, 3.8) is 0 Å². The van der Waals surface area contributed by atoms with Gasteiger partial charge in [-0.15, -0.1) is 0 Å². The summed E-state index contributed by atoms with van der Waals surface area (Å²) in [5.41, 5.74) is 2.09. The third-order valence-corrected chi connectivity index (χ3v) is 9.39. The Hall–Kier alpha value is -4.82. The number of urea groups is 1. The van der Waals surface area contributed by atoms with E-state index in [1.807, 2.05) is 44.2 Å². The molecule has 0 spiro atoms. The van der Waals surface area contributed by atoms with Gasteiger partial charge in [0.2, 0.25) is 11.9 Å². The molecule has 0 saturated heterocycles. The SMILES string of the molecule is CCN(CC)C(=O)Nc1cc2cc(c1)SNCCCNc1nc(ncc1-c1ccc(NC(=O)C3(c4cccc(C(F)(F)F)c4)CC3)cc1)N2. The van der Waals surface area contributed by atoms with Crippen molar-refractivity contribution in [1.82, 2.24) is 19.6 Å². The van der Waals surface area contributed by atoms with Crippen LogP contribution in [0.1, 0.15) is 44.2 Å². The third kappa shape index (κ3) is 7.92. The van der Waals surface area contributed by atoms with Gasteiger partial charge in [-0.1, -0.05) is 30.3 Å². The molecule has 2 aliphatic rings. The second-order valence-corrected chi connectivity index (χ2v) is 12.9. The normalized spacial score (nSPS) is 15.3. The van der Waals surface area contributed by atoms with Crippen LogP contribution < -0.4 is 26.0 Å². The van der Waals surface area contributed by atoms with Gasteiger partial charge in [-0.2, -0.15) is 18.2 Å². The second kappa shape index (κ2) is 14.3. The molecule has 10 nitrogen and oxygen atoms in total. The number of rotatable bonds is 7. The van der Waals surface area contributed by atoms with Crippen molar-refractivity contribution in [3.05, 3.63) is 84.1 Å². The minimum atomic E-state index is -4.48. The highest BCUT2D eigenvalue weighted by Gasteiger charge is 2.51. The molecule has 0 unspecified atom stereocenters. The van der Waals surface area contributed by atoms with Gasteiger partial charge in [0.15, 0.2) is 0 Å². The van der Waals surface area contributed by atoms with E-state index in [2.05, 4.69) is 31.0 Å². The van der Waals surface area contributed by atoms with Crippen molar-refractivity contribution < 1.29 is 22.8 Å². The van der Waals surface area contributed by atoms with Crippen LogP contribution in [-0.4, -0.2) is 53.0 Å². The molecule has 14 heteroatoms. The summed E-state index contributed by atoms with van der Waals surface area (Å²) in [5.74, 6) is 0.661. The minimum Gasteiger partial charge on any atom is -0.369 e. The number of aromatic nitrogens is 2. The van der Waals surface area contributed by atoms with Crippen molar-refractivity contribution in [2.24, 2.45) is 0 Å². The lowest BCUT2D eigenvalue weighted by molar-refractivity contribution is -0.137. The number of hydrogen-bond acceptors (Lipinski definition) is 8.